The van der Waals surface area contributed by atoms with Gasteiger partial charge in [-0.2, -0.15) is 0 Å². The van der Waals surface area contributed by atoms with Crippen LogP contribution in [0.3, 0.4) is 0 Å². The Kier molecular flexibility index (Phi) is 1.77. The maximum Gasteiger partial charge on any atom is 0.286 e. The van der Waals surface area contributed by atoms with Gasteiger partial charge in [-0.05, 0) is 19.1 Å². The van der Waals surface area contributed by atoms with Crippen LogP contribution in [-0.2, 0) is 0 Å². The van der Waals surface area contributed by atoms with Gasteiger partial charge < -0.3 is 9.94 Å². The normalized spacial score (nSPS) is 10.7. The quantitative estimate of drug-likeness (QED) is 0.590. The molecule has 2 heterocycles. The molecule has 0 radical (unpaired) electrons. The second-order valence-electron chi connectivity index (χ2n) is 3.31. The number of aryl methyl sites for hydroxylation is 2. The zero-order valence-corrected chi connectivity index (χ0v) is 8.02. The maximum absolute atomic E-state index is 11.6. The summed E-state index contributed by atoms with van der Waals surface area (Å²) in [5.41, 5.74) is 1.99. The standard InChI is InChI=1S/C10H10N2O2/c1-7-3-5-10-9(11(7)13)6-4-8(2)12(10)14/h3-6H,1-2H3. The Labute approximate surface area is 80.9 Å². The summed E-state index contributed by atoms with van der Waals surface area (Å²) in [6.07, 6.45) is 0. The summed E-state index contributed by atoms with van der Waals surface area (Å²) < 4.78 is 1.53. The van der Waals surface area contributed by atoms with Gasteiger partial charge in [0.2, 0.25) is 5.69 Å². The molecule has 14 heavy (non-hydrogen) atoms. The molecule has 0 aromatic heterocycles. The van der Waals surface area contributed by atoms with Gasteiger partial charge in [0.25, 0.3) is 5.69 Å². The van der Waals surface area contributed by atoms with Gasteiger partial charge in [-0.15, -0.1) is 0 Å². The van der Waals surface area contributed by atoms with Gasteiger partial charge in [-0.3, -0.25) is 0 Å². The van der Waals surface area contributed by atoms with Crippen molar-refractivity contribution in [3.8, 4) is 11.4 Å². The second-order valence-corrected chi connectivity index (χ2v) is 3.31. The Morgan fingerprint density at radius 3 is 2.64 bits per heavy atom. The number of pyridine rings is 2. The summed E-state index contributed by atoms with van der Waals surface area (Å²) in [5, 5.41) is 11.6. The molecule has 0 aromatic carbocycles. The number of hydrogen-bond donors (Lipinski definition) is 0. The van der Waals surface area contributed by atoms with Crippen LogP contribution in [0.1, 0.15) is 11.4 Å². The van der Waals surface area contributed by atoms with E-state index in [-0.39, 0.29) is 0 Å². The molecular formula is C10H10N2O2. The highest BCUT2D eigenvalue weighted by atomic mass is 16.5. The highest BCUT2D eigenvalue weighted by Gasteiger charge is 2.17. The number of hydrogen-bond acceptors (Lipinski definition) is 2. The van der Waals surface area contributed by atoms with E-state index in [1.165, 1.54) is 0 Å². The Morgan fingerprint density at radius 1 is 1.21 bits per heavy atom. The lowest BCUT2D eigenvalue weighted by molar-refractivity contribution is -0.490. The lowest BCUT2D eigenvalue weighted by Crippen LogP contribution is -2.24. The molecule has 0 amide bonds. The van der Waals surface area contributed by atoms with E-state index >= 15 is 0 Å². The first-order valence-electron chi connectivity index (χ1n) is 4.33. The van der Waals surface area contributed by atoms with Crippen molar-refractivity contribution in [3.05, 3.63) is 45.8 Å². The maximum atomic E-state index is 11.6. The topological polar surface area (TPSA) is 51.0 Å². The molecule has 0 saturated heterocycles. The fourth-order valence-corrected chi connectivity index (χ4v) is 1.43. The van der Waals surface area contributed by atoms with Gasteiger partial charge in [0.05, 0.1) is 4.43 Å². The van der Waals surface area contributed by atoms with E-state index < -0.39 is 0 Å². The SMILES string of the molecule is Cc1ccc2[n+](=O)c(C)ccc-2n1[O-]. The van der Waals surface area contributed by atoms with Crippen molar-refractivity contribution in [2.24, 2.45) is 0 Å². The fourth-order valence-electron chi connectivity index (χ4n) is 1.43. The molecule has 2 rings (SSSR count). The van der Waals surface area contributed by atoms with Crippen LogP contribution in [-0.4, -0.2) is 4.73 Å². The minimum absolute atomic E-state index is 0.408. The van der Waals surface area contributed by atoms with Crippen LogP contribution in [0.2, 0.25) is 0 Å². The molecule has 2 aliphatic heterocycles. The molecule has 2 aliphatic rings. The third-order valence-electron chi connectivity index (χ3n) is 2.31. The molecule has 4 nitrogen and oxygen atoms in total. The third-order valence-corrected chi connectivity index (χ3v) is 2.31. The zero-order chi connectivity index (χ0) is 10.3. The van der Waals surface area contributed by atoms with E-state index in [9.17, 15) is 10.1 Å². The molecule has 0 aliphatic carbocycles. The summed E-state index contributed by atoms with van der Waals surface area (Å²) in [4.78, 5) is 11.6. The summed E-state index contributed by atoms with van der Waals surface area (Å²) in [5.74, 6) is 0. The van der Waals surface area contributed by atoms with Crippen molar-refractivity contribution in [1.82, 2.24) is 4.73 Å². The fraction of sp³-hybridized carbons (Fsp3) is 0.200. The summed E-state index contributed by atoms with van der Waals surface area (Å²) in [6.45, 7) is 3.42. The monoisotopic (exact) mass is 190 g/mol. The molecule has 0 fully saturated rings. The van der Waals surface area contributed by atoms with E-state index in [4.69, 9.17) is 0 Å². The van der Waals surface area contributed by atoms with Gasteiger partial charge >= 0.3 is 0 Å². The average molecular weight is 190 g/mol. The molecular weight excluding hydrogens is 180 g/mol. The van der Waals surface area contributed by atoms with E-state index in [2.05, 4.69) is 0 Å². The van der Waals surface area contributed by atoms with Crippen LogP contribution >= 0.6 is 0 Å². The highest BCUT2D eigenvalue weighted by Crippen LogP contribution is 2.18. The van der Waals surface area contributed by atoms with E-state index in [0.717, 1.165) is 9.16 Å². The van der Waals surface area contributed by atoms with Gasteiger partial charge in [-0.25, -0.2) is 0 Å². The molecule has 0 atom stereocenters. The molecule has 0 N–H and O–H groups in total. The van der Waals surface area contributed by atoms with Crippen LogP contribution in [0.25, 0.3) is 11.4 Å². The molecule has 0 bridgehead atoms. The number of rotatable bonds is 0. The van der Waals surface area contributed by atoms with Crippen LogP contribution in [0, 0.1) is 24.0 Å². The van der Waals surface area contributed by atoms with Crippen LogP contribution in [0.15, 0.2) is 24.3 Å². The first-order valence-corrected chi connectivity index (χ1v) is 4.33. The van der Waals surface area contributed by atoms with Crippen molar-refractivity contribution in [2.75, 3.05) is 0 Å². The minimum Gasteiger partial charge on any atom is -0.805 e. The average Bonchev–Trinajstić information content (AvgIpc) is 2.17. The van der Waals surface area contributed by atoms with Crippen LogP contribution in [0.5, 0.6) is 0 Å². The van der Waals surface area contributed by atoms with Crippen molar-refractivity contribution < 1.29 is 4.43 Å². The molecule has 72 valence electrons. The Morgan fingerprint density at radius 2 is 1.93 bits per heavy atom. The number of aromatic nitrogens is 2. The van der Waals surface area contributed by atoms with Gasteiger partial charge in [0.1, 0.15) is 5.69 Å². The molecule has 0 spiro atoms. The van der Waals surface area contributed by atoms with Gasteiger partial charge in [0.15, 0.2) is 0 Å². The highest BCUT2D eigenvalue weighted by molar-refractivity contribution is 5.54. The molecule has 4 heteroatoms. The Hall–Kier alpha value is -1.84. The molecule has 0 aromatic rings. The Balaban J connectivity index is 2.93. The van der Waals surface area contributed by atoms with E-state index in [1.807, 2.05) is 0 Å². The third kappa shape index (κ3) is 1.08. The Bertz CT molecular complexity index is 516. The van der Waals surface area contributed by atoms with Gasteiger partial charge in [0, 0.05) is 29.7 Å². The first kappa shape index (κ1) is 8.74. The van der Waals surface area contributed by atoms with Crippen molar-refractivity contribution in [2.45, 2.75) is 13.8 Å². The van der Waals surface area contributed by atoms with Crippen molar-refractivity contribution >= 4 is 0 Å². The number of fused-ring (bicyclic) bond motifs is 1. The predicted molar refractivity (Wildman–Crippen MR) is 52.7 cm³/mol. The number of nitrogens with zero attached hydrogens (tertiary/aromatic N) is 2. The summed E-state index contributed by atoms with van der Waals surface area (Å²) in [7, 11) is 0. The molecule has 0 unspecified atom stereocenters. The van der Waals surface area contributed by atoms with Crippen molar-refractivity contribution in [1.29, 1.82) is 0 Å². The predicted octanol–water partition coefficient (Wildman–Crippen LogP) is 1.47. The van der Waals surface area contributed by atoms with Crippen LogP contribution in [0.4, 0.5) is 0 Å². The lowest BCUT2D eigenvalue weighted by Gasteiger charge is -2.18. The van der Waals surface area contributed by atoms with Crippen molar-refractivity contribution in [3.63, 3.8) is 0 Å². The van der Waals surface area contributed by atoms with Crippen LogP contribution < -0.4 is 4.43 Å². The smallest absolute Gasteiger partial charge is 0.286 e. The zero-order valence-electron chi connectivity index (χ0n) is 8.02. The lowest BCUT2D eigenvalue weighted by atomic mass is 10.2. The molecule has 0 saturated carbocycles. The largest absolute Gasteiger partial charge is 0.805 e. The summed E-state index contributed by atoms with van der Waals surface area (Å²) in [6, 6.07) is 6.62. The second kappa shape index (κ2) is 2.83. The van der Waals surface area contributed by atoms with E-state index in [0.29, 0.717) is 22.8 Å². The van der Waals surface area contributed by atoms with Gasteiger partial charge in [-0.1, -0.05) is 0 Å². The summed E-state index contributed by atoms with van der Waals surface area (Å²) >= 11 is 0. The first-order chi connectivity index (χ1) is 6.61. The van der Waals surface area contributed by atoms with E-state index in [1.54, 1.807) is 38.1 Å². The minimum atomic E-state index is 0.408.